The van der Waals surface area contributed by atoms with Crippen molar-refractivity contribution in [3.05, 3.63) is 41.1 Å². The third kappa shape index (κ3) is 4.13. The van der Waals surface area contributed by atoms with Crippen molar-refractivity contribution in [2.24, 2.45) is 0 Å². The van der Waals surface area contributed by atoms with Gasteiger partial charge in [0.1, 0.15) is 5.75 Å². The fourth-order valence-corrected chi connectivity index (χ4v) is 3.08. The molecule has 26 heavy (non-hydrogen) atoms. The minimum atomic E-state index is -4.50. The molecule has 1 aromatic carbocycles. The topological polar surface area (TPSA) is 52.5 Å². The highest BCUT2D eigenvalue weighted by molar-refractivity contribution is 5.71. The van der Waals surface area contributed by atoms with E-state index in [-0.39, 0.29) is 5.56 Å². The number of phenols is 1. The van der Waals surface area contributed by atoms with Crippen LogP contribution in [0.1, 0.15) is 16.8 Å². The van der Waals surface area contributed by atoms with Crippen LogP contribution in [0.5, 0.6) is 5.75 Å². The average Bonchev–Trinajstić information content (AvgIpc) is 2.57. The Hall–Kier alpha value is -2.19. The number of nitrogens with zero attached hydrogens (tertiary/aromatic N) is 4. The van der Waals surface area contributed by atoms with Gasteiger partial charge in [0.05, 0.1) is 17.0 Å². The van der Waals surface area contributed by atoms with E-state index in [9.17, 15) is 18.3 Å². The fourth-order valence-electron chi connectivity index (χ4n) is 3.08. The maximum atomic E-state index is 12.8. The van der Waals surface area contributed by atoms with Gasteiger partial charge in [-0.1, -0.05) is 0 Å². The summed E-state index contributed by atoms with van der Waals surface area (Å²) in [7, 11) is 2.09. The molecule has 2 heterocycles. The van der Waals surface area contributed by atoms with E-state index < -0.39 is 17.5 Å². The Balaban J connectivity index is 1.78. The number of hydrogen-bond donors (Lipinski definition) is 1. The van der Waals surface area contributed by atoms with Crippen molar-refractivity contribution in [2.45, 2.75) is 19.6 Å². The molecule has 0 unspecified atom stereocenters. The van der Waals surface area contributed by atoms with Gasteiger partial charge in [0, 0.05) is 38.3 Å². The van der Waals surface area contributed by atoms with Crippen molar-refractivity contribution >= 4 is 0 Å². The highest BCUT2D eigenvalue weighted by atomic mass is 19.4. The summed E-state index contributed by atoms with van der Waals surface area (Å²) in [5.41, 5.74) is 0.851. The summed E-state index contributed by atoms with van der Waals surface area (Å²) in [5, 5.41) is 18.4. The number of phenolic OH excluding ortho intramolecular Hbond substituents is 1. The molecule has 5 nitrogen and oxygen atoms in total. The Morgan fingerprint density at radius 2 is 1.77 bits per heavy atom. The van der Waals surface area contributed by atoms with Crippen LogP contribution in [0, 0.1) is 6.92 Å². The summed E-state index contributed by atoms with van der Waals surface area (Å²) in [6, 6.07) is 5.22. The summed E-state index contributed by atoms with van der Waals surface area (Å²) in [5.74, 6) is -0.446. The number of aryl methyl sites for hydroxylation is 1. The van der Waals surface area contributed by atoms with Gasteiger partial charge >= 0.3 is 6.18 Å². The van der Waals surface area contributed by atoms with Gasteiger partial charge in [0.15, 0.2) is 0 Å². The molecular formula is C18H21F3N4O. The van der Waals surface area contributed by atoms with Crippen LogP contribution in [0.4, 0.5) is 13.2 Å². The molecular weight excluding hydrogens is 345 g/mol. The van der Waals surface area contributed by atoms with Crippen molar-refractivity contribution in [3.8, 4) is 17.0 Å². The number of aromatic nitrogens is 2. The number of benzene rings is 1. The van der Waals surface area contributed by atoms with Crippen molar-refractivity contribution in [2.75, 3.05) is 33.2 Å². The van der Waals surface area contributed by atoms with Crippen molar-refractivity contribution in [3.63, 3.8) is 0 Å². The van der Waals surface area contributed by atoms with Crippen molar-refractivity contribution in [1.29, 1.82) is 0 Å². The average molecular weight is 366 g/mol. The Kier molecular flexibility index (Phi) is 5.15. The van der Waals surface area contributed by atoms with E-state index in [2.05, 4.69) is 27.0 Å². The van der Waals surface area contributed by atoms with Crippen LogP contribution >= 0.6 is 0 Å². The molecule has 1 aliphatic rings. The summed E-state index contributed by atoms with van der Waals surface area (Å²) in [6.07, 6.45) is -4.50. The van der Waals surface area contributed by atoms with Crippen LogP contribution in [-0.2, 0) is 12.7 Å². The third-order valence-electron chi connectivity index (χ3n) is 4.60. The van der Waals surface area contributed by atoms with E-state index in [1.54, 1.807) is 12.1 Å². The van der Waals surface area contributed by atoms with Gasteiger partial charge in [-0.3, -0.25) is 4.90 Å². The number of halogens is 3. The quantitative estimate of drug-likeness (QED) is 0.905. The smallest absolute Gasteiger partial charge is 0.416 e. The maximum absolute atomic E-state index is 12.8. The number of piperazine rings is 1. The van der Waals surface area contributed by atoms with Crippen LogP contribution in [0.2, 0.25) is 0 Å². The summed E-state index contributed by atoms with van der Waals surface area (Å²) in [4.78, 5) is 4.55. The standard InChI is InChI=1S/C18H21F3N4O/c1-12-9-13(18(19,20)21)10-16(26)17(12)15-4-3-14(22-23-15)11-25-7-5-24(2)6-8-25/h3-4,9-10,26H,5-8,11H2,1-2H3. The first kappa shape index (κ1) is 18.6. The molecule has 0 amide bonds. The molecule has 0 aliphatic carbocycles. The first-order valence-electron chi connectivity index (χ1n) is 8.39. The second-order valence-electron chi connectivity index (χ2n) is 6.67. The molecule has 0 atom stereocenters. The Labute approximate surface area is 150 Å². The van der Waals surface area contributed by atoms with Gasteiger partial charge in [0.25, 0.3) is 0 Å². The van der Waals surface area contributed by atoms with Gasteiger partial charge in [-0.15, -0.1) is 0 Å². The number of aromatic hydroxyl groups is 1. The minimum absolute atomic E-state index is 0.275. The maximum Gasteiger partial charge on any atom is 0.416 e. The Morgan fingerprint density at radius 3 is 2.31 bits per heavy atom. The number of likely N-dealkylation sites (N-methyl/N-ethyl adjacent to an activating group) is 1. The summed E-state index contributed by atoms with van der Waals surface area (Å²) >= 11 is 0. The zero-order valence-corrected chi connectivity index (χ0v) is 14.7. The Morgan fingerprint density at radius 1 is 1.08 bits per heavy atom. The molecule has 1 aromatic heterocycles. The molecule has 1 fully saturated rings. The van der Waals surface area contributed by atoms with Crippen LogP contribution in [0.25, 0.3) is 11.3 Å². The largest absolute Gasteiger partial charge is 0.507 e. The zero-order valence-electron chi connectivity index (χ0n) is 14.7. The molecule has 8 heteroatoms. The lowest BCUT2D eigenvalue weighted by Crippen LogP contribution is -2.44. The van der Waals surface area contributed by atoms with Gasteiger partial charge in [-0.25, -0.2) is 0 Å². The van der Waals surface area contributed by atoms with Crippen LogP contribution < -0.4 is 0 Å². The number of hydrogen-bond acceptors (Lipinski definition) is 5. The molecule has 0 radical (unpaired) electrons. The van der Waals surface area contributed by atoms with E-state index in [1.165, 1.54) is 6.92 Å². The first-order chi connectivity index (χ1) is 12.2. The molecule has 140 valence electrons. The first-order valence-corrected chi connectivity index (χ1v) is 8.39. The van der Waals surface area contributed by atoms with E-state index in [4.69, 9.17) is 0 Å². The fraction of sp³-hybridized carbons (Fsp3) is 0.444. The second kappa shape index (κ2) is 7.20. The molecule has 2 aromatic rings. The van der Waals surface area contributed by atoms with Crippen LogP contribution in [0.15, 0.2) is 24.3 Å². The zero-order chi connectivity index (χ0) is 18.9. The predicted octanol–water partition coefficient (Wildman–Crippen LogP) is 2.92. The molecule has 3 rings (SSSR count). The molecule has 1 aliphatic heterocycles. The molecule has 0 saturated carbocycles. The van der Waals surface area contributed by atoms with Crippen molar-refractivity contribution in [1.82, 2.24) is 20.0 Å². The van der Waals surface area contributed by atoms with E-state index >= 15 is 0 Å². The lowest BCUT2D eigenvalue weighted by molar-refractivity contribution is -0.137. The number of rotatable bonds is 3. The van der Waals surface area contributed by atoms with E-state index in [0.717, 1.165) is 44.0 Å². The lowest BCUT2D eigenvalue weighted by Gasteiger charge is -2.31. The minimum Gasteiger partial charge on any atom is -0.507 e. The van der Waals surface area contributed by atoms with Gasteiger partial charge in [-0.2, -0.15) is 23.4 Å². The van der Waals surface area contributed by atoms with E-state index in [1.807, 2.05) is 0 Å². The Bertz CT molecular complexity index is 746. The number of alkyl halides is 3. The van der Waals surface area contributed by atoms with Gasteiger partial charge < -0.3 is 10.0 Å². The van der Waals surface area contributed by atoms with Gasteiger partial charge in [0.2, 0.25) is 0 Å². The molecule has 1 saturated heterocycles. The molecule has 0 spiro atoms. The normalized spacial score (nSPS) is 16.8. The second-order valence-corrected chi connectivity index (χ2v) is 6.67. The monoisotopic (exact) mass is 366 g/mol. The molecule has 0 bridgehead atoms. The van der Waals surface area contributed by atoms with Gasteiger partial charge in [-0.05, 0) is 43.8 Å². The van der Waals surface area contributed by atoms with Crippen LogP contribution in [0.3, 0.4) is 0 Å². The SMILES string of the molecule is Cc1cc(C(F)(F)F)cc(O)c1-c1ccc(CN2CCN(C)CC2)nn1. The van der Waals surface area contributed by atoms with E-state index in [0.29, 0.717) is 17.8 Å². The lowest BCUT2D eigenvalue weighted by atomic mass is 10.0. The van der Waals surface area contributed by atoms with Crippen LogP contribution in [-0.4, -0.2) is 58.3 Å². The molecule has 1 N–H and O–H groups in total. The third-order valence-corrected chi connectivity index (χ3v) is 4.60. The summed E-state index contributed by atoms with van der Waals surface area (Å²) in [6.45, 7) is 6.12. The summed E-state index contributed by atoms with van der Waals surface area (Å²) < 4.78 is 38.5. The highest BCUT2D eigenvalue weighted by Gasteiger charge is 2.32. The highest BCUT2D eigenvalue weighted by Crippen LogP contribution is 2.38. The van der Waals surface area contributed by atoms with Crippen molar-refractivity contribution < 1.29 is 18.3 Å². The predicted molar refractivity (Wildman–Crippen MR) is 91.6 cm³/mol.